The van der Waals surface area contributed by atoms with Crippen LogP contribution >= 0.6 is 0 Å². The minimum Gasteiger partial charge on any atom is -0.340 e. The molecule has 0 radical (unpaired) electrons. The molecular weight excluding hydrogens is 897 g/mol. The maximum absolute atomic E-state index is 2.50. The summed E-state index contributed by atoms with van der Waals surface area (Å²) in [7, 11) is 0. The number of benzene rings is 10. The largest absolute Gasteiger partial charge is 0.340 e. The summed E-state index contributed by atoms with van der Waals surface area (Å²) in [5.74, 6) is 0. The molecule has 360 valence electrons. The first-order valence-corrected chi connectivity index (χ1v) is 26.8. The van der Waals surface area contributed by atoms with Gasteiger partial charge in [0.15, 0.2) is 0 Å². The zero-order valence-corrected chi connectivity index (χ0v) is 42.4. The Balaban J connectivity index is 0.000000200. The number of hydrogen-bond acceptors (Lipinski definition) is 0. The third kappa shape index (κ3) is 8.02. The minimum atomic E-state index is 0.932. The van der Waals surface area contributed by atoms with E-state index < -0.39 is 0 Å². The van der Waals surface area contributed by atoms with Gasteiger partial charge in [-0.1, -0.05) is 172 Å². The lowest BCUT2D eigenvalue weighted by Gasteiger charge is -2.11. The van der Waals surface area contributed by atoms with Gasteiger partial charge in [-0.05, 0) is 133 Å². The van der Waals surface area contributed by atoms with E-state index in [4.69, 9.17) is 0 Å². The molecule has 14 rings (SSSR count). The van der Waals surface area contributed by atoms with Crippen LogP contribution in [-0.4, -0.2) is 18.3 Å². The SMILES string of the molecule is CCCc1ccc(-n2c3ccc(CCn4c5ccccc5c5ccccc54)cc3c3cc(CCn4c5ccccc5c5ccccc54)ccc32)cc1.CCCc1ccc(-n2c3ccccc3c3ccccc32)cc1. The molecule has 4 heteroatoms. The molecule has 0 aliphatic rings. The molecule has 0 fully saturated rings. The molecule has 10 aromatic carbocycles. The lowest BCUT2D eigenvalue weighted by molar-refractivity contribution is 0.745. The standard InChI is InChI=1S/C49H41N3.C21H19N/c1-2-11-34-20-24-37(25-21-34)52-48-26-22-35(28-30-50-44-16-7-3-12-38(44)39-13-4-8-17-45(39)50)32-42(48)43-33-36(23-27-49(43)52)29-31-51-46-18-9-5-14-40(46)41-15-6-10-19-47(41)51;1-2-7-16-12-14-17(15-13-16)22-20-10-5-3-8-18(20)19-9-4-6-11-21(19)22/h3-10,12-27,32-33H,2,11,28-31H2,1H3;3-6,8-15H,2,7H2,1H3. The predicted molar refractivity (Wildman–Crippen MR) is 316 cm³/mol. The zero-order valence-electron chi connectivity index (χ0n) is 42.4. The van der Waals surface area contributed by atoms with Crippen molar-refractivity contribution in [1.82, 2.24) is 18.3 Å². The maximum atomic E-state index is 2.50. The van der Waals surface area contributed by atoms with E-state index in [2.05, 4.69) is 263 Å². The smallest absolute Gasteiger partial charge is 0.0541 e. The topological polar surface area (TPSA) is 19.7 Å². The minimum absolute atomic E-state index is 0.932. The fraction of sp³-hybridized carbons (Fsp3) is 0.143. The highest BCUT2D eigenvalue weighted by Gasteiger charge is 2.17. The summed E-state index contributed by atoms with van der Waals surface area (Å²) in [6.45, 7) is 6.33. The van der Waals surface area contributed by atoms with Gasteiger partial charge < -0.3 is 18.3 Å². The van der Waals surface area contributed by atoms with E-state index in [9.17, 15) is 0 Å². The Labute approximate surface area is 433 Å². The third-order valence-electron chi connectivity index (χ3n) is 15.5. The van der Waals surface area contributed by atoms with Gasteiger partial charge in [0.25, 0.3) is 0 Å². The fourth-order valence-electron chi connectivity index (χ4n) is 12.1. The van der Waals surface area contributed by atoms with Crippen molar-refractivity contribution in [2.24, 2.45) is 0 Å². The number of aromatic nitrogens is 4. The zero-order chi connectivity index (χ0) is 49.5. The van der Waals surface area contributed by atoms with E-state index >= 15 is 0 Å². The summed E-state index contributed by atoms with van der Waals surface area (Å²) in [5, 5.41) is 10.6. The quantitative estimate of drug-likeness (QED) is 0.116. The second-order valence-electron chi connectivity index (χ2n) is 20.1. The molecule has 0 amide bonds. The second-order valence-corrected chi connectivity index (χ2v) is 20.1. The number of hydrogen-bond donors (Lipinski definition) is 0. The molecule has 0 unspecified atom stereocenters. The van der Waals surface area contributed by atoms with Gasteiger partial charge in [0.2, 0.25) is 0 Å². The van der Waals surface area contributed by atoms with Gasteiger partial charge >= 0.3 is 0 Å². The second kappa shape index (κ2) is 19.4. The molecule has 0 atom stereocenters. The van der Waals surface area contributed by atoms with Crippen LogP contribution in [0.25, 0.3) is 98.6 Å². The summed E-state index contributed by atoms with van der Waals surface area (Å²) >= 11 is 0. The molecule has 0 aliphatic carbocycles. The lowest BCUT2D eigenvalue weighted by atomic mass is 10.0. The number of rotatable bonds is 12. The monoisotopic (exact) mass is 956 g/mol. The first-order chi connectivity index (χ1) is 36.6. The Hall–Kier alpha value is -8.60. The summed E-state index contributed by atoms with van der Waals surface area (Å²) in [6.07, 6.45) is 6.53. The van der Waals surface area contributed by atoms with Crippen LogP contribution in [0.2, 0.25) is 0 Å². The van der Waals surface area contributed by atoms with Gasteiger partial charge in [-0.25, -0.2) is 0 Å². The van der Waals surface area contributed by atoms with Crippen molar-refractivity contribution < 1.29 is 0 Å². The summed E-state index contributed by atoms with van der Waals surface area (Å²) in [5.41, 5.74) is 18.3. The van der Waals surface area contributed by atoms with E-state index in [-0.39, 0.29) is 0 Å². The Morgan fingerprint density at radius 1 is 0.243 bits per heavy atom. The number of fused-ring (bicyclic) bond motifs is 12. The number of para-hydroxylation sites is 6. The lowest BCUT2D eigenvalue weighted by Crippen LogP contribution is -2.01. The van der Waals surface area contributed by atoms with Gasteiger partial charge in [-0.3, -0.25) is 0 Å². The molecule has 0 saturated carbocycles. The molecule has 0 aliphatic heterocycles. The Bertz CT molecular complexity index is 3990. The highest BCUT2D eigenvalue weighted by molar-refractivity contribution is 6.11. The van der Waals surface area contributed by atoms with Crippen LogP contribution in [0.15, 0.2) is 231 Å². The van der Waals surface area contributed by atoms with Crippen LogP contribution in [0, 0.1) is 0 Å². The van der Waals surface area contributed by atoms with Crippen molar-refractivity contribution in [3.05, 3.63) is 253 Å². The van der Waals surface area contributed by atoms with Crippen molar-refractivity contribution in [2.45, 2.75) is 65.5 Å². The van der Waals surface area contributed by atoms with E-state index in [1.807, 2.05) is 0 Å². The van der Waals surface area contributed by atoms with Crippen LogP contribution in [-0.2, 0) is 38.8 Å². The molecule has 0 N–H and O–H groups in total. The summed E-state index contributed by atoms with van der Waals surface area (Å²) in [4.78, 5) is 0. The molecule has 14 aromatic rings. The van der Waals surface area contributed by atoms with Crippen molar-refractivity contribution in [3.63, 3.8) is 0 Å². The number of aryl methyl sites for hydroxylation is 6. The van der Waals surface area contributed by atoms with Gasteiger partial charge in [-0.2, -0.15) is 0 Å². The van der Waals surface area contributed by atoms with Crippen LogP contribution in [0.5, 0.6) is 0 Å². The van der Waals surface area contributed by atoms with Gasteiger partial charge in [0.05, 0.1) is 22.1 Å². The van der Waals surface area contributed by atoms with Crippen molar-refractivity contribution >= 4 is 87.2 Å². The normalized spacial score (nSPS) is 11.8. The van der Waals surface area contributed by atoms with E-state index in [0.29, 0.717) is 0 Å². The number of nitrogens with zero attached hydrogens (tertiary/aromatic N) is 4. The third-order valence-corrected chi connectivity index (χ3v) is 15.5. The molecule has 74 heavy (non-hydrogen) atoms. The van der Waals surface area contributed by atoms with Crippen LogP contribution in [0.3, 0.4) is 0 Å². The fourth-order valence-corrected chi connectivity index (χ4v) is 12.1. The Morgan fingerprint density at radius 3 is 0.838 bits per heavy atom. The van der Waals surface area contributed by atoms with Gasteiger partial charge in [0.1, 0.15) is 0 Å². The van der Waals surface area contributed by atoms with Crippen LogP contribution < -0.4 is 0 Å². The molecule has 0 saturated heterocycles. The average molecular weight is 957 g/mol. The molecule has 4 aromatic heterocycles. The van der Waals surface area contributed by atoms with Gasteiger partial charge in [0, 0.05) is 89.6 Å². The van der Waals surface area contributed by atoms with Crippen molar-refractivity contribution in [3.8, 4) is 11.4 Å². The first-order valence-electron chi connectivity index (χ1n) is 26.8. The molecular formula is C70H60N4. The van der Waals surface area contributed by atoms with Crippen LogP contribution in [0.1, 0.15) is 48.9 Å². The molecule has 4 heterocycles. The summed E-state index contributed by atoms with van der Waals surface area (Å²) < 4.78 is 9.83. The Kier molecular flexibility index (Phi) is 11.9. The van der Waals surface area contributed by atoms with E-state index in [1.54, 1.807) is 0 Å². The van der Waals surface area contributed by atoms with Crippen molar-refractivity contribution in [1.29, 1.82) is 0 Å². The molecule has 4 nitrogen and oxygen atoms in total. The van der Waals surface area contributed by atoms with E-state index in [1.165, 1.54) is 127 Å². The molecule has 0 bridgehead atoms. The highest BCUT2D eigenvalue weighted by Crippen LogP contribution is 2.37. The van der Waals surface area contributed by atoms with Crippen molar-refractivity contribution in [2.75, 3.05) is 0 Å². The summed E-state index contributed by atoms with van der Waals surface area (Å²) in [6, 6.07) is 85.1. The first kappa shape index (κ1) is 45.3. The van der Waals surface area contributed by atoms with Crippen LogP contribution in [0.4, 0.5) is 0 Å². The van der Waals surface area contributed by atoms with E-state index in [0.717, 1.165) is 45.2 Å². The Morgan fingerprint density at radius 2 is 0.514 bits per heavy atom. The maximum Gasteiger partial charge on any atom is 0.0541 e. The highest BCUT2D eigenvalue weighted by atomic mass is 15.0. The molecule has 0 spiro atoms. The van der Waals surface area contributed by atoms with Gasteiger partial charge in [-0.15, -0.1) is 0 Å². The average Bonchev–Trinajstić information content (AvgIpc) is 4.17. The predicted octanol–water partition coefficient (Wildman–Crippen LogP) is 18.2.